The van der Waals surface area contributed by atoms with Gasteiger partial charge >= 0.3 is 0 Å². The summed E-state index contributed by atoms with van der Waals surface area (Å²) in [4.78, 5) is 35.2. The normalized spacial score (nSPS) is 16.1. The molecule has 0 bridgehead atoms. The molecule has 1 heterocycles. The van der Waals surface area contributed by atoms with Crippen molar-refractivity contribution in [2.45, 2.75) is 25.8 Å². The van der Waals surface area contributed by atoms with Gasteiger partial charge in [-0.2, -0.15) is 0 Å². The van der Waals surface area contributed by atoms with Crippen LogP contribution < -0.4 is 16.4 Å². The minimum absolute atomic E-state index is 0.0139. The van der Waals surface area contributed by atoms with Gasteiger partial charge in [0.15, 0.2) is 0 Å². The molecular weight excluding hydrogens is 236 g/mol. The van der Waals surface area contributed by atoms with Gasteiger partial charge in [-0.25, -0.2) is 0 Å². The summed E-state index contributed by atoms with van der Waals surface area (Å²) in [6.45, 7) is 2.78. The number of nitrogens with two attached hydrogens (primary N) is 1. The maximum Gasteiger partial charge on any atom is 0.242 e. The number of nitrogens with zero attached hydrogens (tertiary/aromatic N) is 1. The van der Waals surface area contributed by atoms with E-state index in [1.807, 2.05) is 0 Å². The van der Waals surface area contributed by atoms with Gasteiger partial charge in [0.25, 0.3) is 0 Å². The molecule has 0 aromatic carbocycles. The van der Waals surface area contributed by atoms with Gasteiger partial charge in [-0.05, 0) is 25.9 Å². The summed E-state index contributed by atoms with van der Waals surface area (Å²) in [6.07, 6.45) is 1.58. The first-order chi connectivity index (χ1) is 8.50. The van der Waals surface area contributed by atoms with Gasteiger partial charge in [0, 0.05) is 13.0 Å². The van der Waals surface area contributed by atoms with Crippen molar-refractivity contribution in [3.63, 3.8) is 0 Å². The molecule has 18 heavy (non-hydrogen) atoms. The summed E-state index contributed by atoms with van der Waals surface area (Å²) in [5.74, 6) is -1.08. The first kappa shape index (κ1) is 14.4. The zero-order valence-electron chi connectivity index (χ0n) is 10.6. The summed E-state index contributed by atoms with van der Waals surface area (Å²) in [7, 11) is 0. The van der Waals surface area contributed by atoms with Crippen LogP contribution in [0.3, 0.4) is 0 Å². The van der Waals surface area contributed by atoms with E-state index >= 15 is 0 Å². The van der Waals surface area contributed by atoms with Gasteiger partial charge in [0.2, 0.25) is 17.7 Å². The summed E-state index contributed by atoms with van der Waals surface area (Å²) >= 11 is 0. The Morgan fingerprint density at radius 1 is 1.33 bits per heavy atom. The van der Waals surface area contributed by atoms with Gasteiger partial charge in [-0.3, -0.25) is 14.4 Å². The van der Waals surface area contributed by atoms with E-state index in [4.69, 9.17) is 5.73 Å². The Labute approximate surface area is 106 Å². The van der Waals surface area contributed by atoms with Crippen molar-refractivity contribution in [1.82, 2.24) is 15.5 Å². The number of nitrogens with one attached hydrogen (secondary N) is 2. The van der Waals surface area contributed by atoms with E-state index < -0.39 is 5.91 Å². The Kier molecular flexibility index (Phi) is 5.57. The predicted molar refractivity (Wildman–Crippen MR) is 65.5 cm³/mol. The molecule has 1 aliphatic rings. The maximum absolute atomic E-state index is 12.0. The van der Waals surface area contributed by atoms with E-state index in [1.54, 1.807) is 0 Å². The number of rotatable bonds is 5. The van der Waals surface area contributed by atoms with E-state index in [0.717, 1.165) is 25.9 Å². The first-order valence-electron chi connectivity index (χ1n) is 6.03. The van der Waals surface area contributed by atoms with Crippen LogP contribution in [0.1, 0.15) is 19.8 Å². The van der Waals surface area contributed by atoms with E-state index in [1.165, 1.54) is 11.8 Å². The van der Waals surface area contributed by atoms with Gasteiger partial charge in [0.05, 0.1) is 13.1 Å². The molecule has 7 heteroatoms. The minimum Gasteiger partial charge on any atom is -0.368 e. The third-order valence-electron chi connectivity index (χ3n) is 2.88. The Hall–Kier alpha value is -1.63. The van der Waals surface area contributed by atoms with Crippen LogP contribution in [0.4, 0.5) is 0 Å². The molecule has 0 unspecified atom stereocenters. The third kappa shape index (κ3) is 4.70. The number of carbonyl (C=O) groups is 3. The number of piperidine rings is 1. The summed E-state index contributed by atoms with van der Waals surface area (Å²) < 4.78 is 0. The number of amides is 3. The second-order valence-corrected chi connectivity index (χ2v) is 4.38. The third-order valence-corrected chi connectivity index (χ3v) is 2.88. The zero-order chi connectivity index (χ0) is 13.5. The highest BCUT2D eigenvalue weighted by Gasteiger charge is 2.26. The lowest BCUT2D eigenvalue weighted by Gasteiger charge is -2.33. The first-order valence-corrected chi connectivity index (χ1v) is 6.03. The molecule has 1 fully saturated rings. The molecule has 102 valence electrons. The Bertz CT molecular complexity index is 326. The molecule has 1 rings (SSSR count). The molecule has 4 N–H and O–H groups in total. The molecule has 3 amide bonds. The van der Waals surface area contributed by atoms with Crippen LogP contribution >= 0.6 is 0 Å². The quantitative estimate of drug-likeness (QED) is 0.539. The van der Waals surface area contributed by atoms with Crippen molar-refractivity contribution in [1.29, 1.82) is 0 Å². The fourth-order valence-electron chi connectivity index (χ4n) is 2.01. The van der Waals surface area contributed by atoms with Gasteiger partial charge in [-0.15, -0.1) is 0 Å². The standard InChI is InChI=1S/C11H20N4O3/c1-8(16)14-6-11(18)15(7-10(12)17)9-2-4-13-5-3-9/h9,13H,2-7H2,1H3,(H2,12,17)(H,14,16). The lowest BCUT2D eigenvalue weighted by molar-refractivity contribution is -0.138. The van der Waals surface area contributed by atoms with Gasteiger partial charge < -0.3 is 21.3 Å². The SMILES string of the molecule is CC(=O)NCC(=O)N(CC(N)=O)C1CCNCC1. The van der Waals surface area contributed by atoms with E-state index in [9.17, 15) is 14.4 Å². The van der Waals surface area contributed by atoms with Crippen LogP contribution in [0.25, 0.3) is 0 Å². The van der Waals surface area contributed by atoms with Crippen molar-refractivity contribution in [2.75, 3.05) is 26.2 Å². The molecule has 7 nitrogen and oxygen atoms in total. The van der Waals surface area contributed by atoms with E-state index in [2.05, 4.69) is 10.6 Å². The van der Waals surface area contributed by atoms with Crippen molar-refractivity contribution in [3.05, 3.63) is 0 Å². The zero-order valence-corrected chi connectivity index (χ0v) is 10.6. The fraction of sp³-hybridized carbons (Fsp3) is 0.727. The second-order valence-electron chi connectivity index (χ2n) is 4.38. The average molecular weight is 256 g/mol. The van der Waals surface area contributed by atoms with Crippen LogP contribution in [0.2, 0.25) is 0 Å². The minimum atomic E-state index is -0.537. The van der Waals surface area contributed by atoms with Crippen molar-refractivity contribution < 1.29 is 14.4 Å². The Morgan fingerprint density at radius 2 is 1.94 bits per heavy atom. The molecule has 1 aliphatic heterocycles. The molecular formula is C11H20N4O3. The highest BCUT2D eigenvalue weighted by molar-refractivity contribution is 5.87. The van der Waals surface area contributed by atoms with Crippen molar-refractivity contribution in [2.24, 2.45) is 5.73 Å². The van der Waals surface area contributed by atoms with Crippen LogP contribution in [-0.2, 0) is 14.4 Å². The highest BCUT2D eigenvalue weighted by Crippen LogP contribution is 2.11. The highest BCUT2D eigenvalue weighted by atomic mass is 16.2. The van der Waals surface area contributed by atoms with Gasteiger partial charge in [0.1, 0.15) is 0 Å². The number of hydrogen-bond acceptors (Lipinski definition) is 4. The molecule has 0 saturated carbocycles. The summed E-state index contributed by atoms with van der Waals surface area (Å²) in [5, 5.41) is 5.63. The molecule has 1 saturated heterocycles. The van der Waals surface area contributed by atoms with Gasteiger partial charge in [-0.1, -0.05) is 0 Å². The molecule has 0 atom stereocenters. The predicted octanol–water partition coefficient (Wildman–Crippen LogP) is -1.81. The van der Waals surface area contributed by atoms with Crippen LogP contribution in [0.15, 0.2) is 0 Å². The number of primary amides is 1. The lowest BCUT2D eigenvalue weighted by atomic mass is 10.0. The fourth-order valence-corrected chi connectivity index (χ4v) is 2.01. The van der Waals surface area contributed by atoms with Crippen molar-refractivity contribution >= 4 is 17.7 Å². The molecule has 0 aromatic rings. The number of hydrogen-bond donors (Lipinski definition) is 3. The number of carbonyl (C=O) groups excluding carboxylic acids is 3. The molecule has 0 aromatic heterocycles. The molecule has 0 spiro atoms. The summed E-state index contributed by atoms with van der Waals surface area (Å²) in [5.41, 5.74) is 5.16. The Balaban J connectivity index is 2.60. The van der Waals surface area contributed by atoms with E-state index in [0.29, 0.717) is 0 Å². The van der Waals surface area contributed by atoms with Crippen LogP contribution in [-0.4, -0.2) is 54.8 Å². The van der Waals surface area contributed by atoms with Crippen LogP contribution in [0, 0.1) is 0 Å². The molecule has 0 radical (unpaired) electrons. The monoisotopic (exact) mass is 256 g/mol. The average Bonchev–Trinajstić information content (AvgIpc) is 2.34. The van der Waals surface area contributed by atoms with Crippen LogP contribution in [0.5, 0.6) is 0 Å². The summed E-state index contributed by atoms with van der Waals surface area (Å²) in [6, 6.07) is 0.0139. The smallest absolute Gasteiger partial charge is 0.242 e. The lowest BCUT2D eigenvalue weighted by Crippen LogP contribution is -2.51. The van der Waals surface area contributed by atoms with E-state index in [-0.39, 0.29) is 30.9 Å². The Morgan fingerprint density at radius 3 is 2.44 bits per heavy atom. The maximum atomic E-state index is 12.0. The molecule has 0 aliphatic carbocycles. The second kappa shape index (κ2) is 6.95. The van der Waals surface area contributed by atoms with Crippen molar-refractivity contribution in [3.8, 4) is 0 Å². The largest absolute Gasteiger partial charge is 0.368 e. The topological polar surface area (TPSA) is 105 Å².